The van der Waals surface area contributed by atoms with Gasteiger partial charge in [-0.3, -0.25) is 14.3 Å². The molecule has 6 nitrogen and oxygen atoms in total. The molecule has 0 N–H and O–H groups in total. The molecule has 1 aromatic carbocycles. The number of piperidine rings is 2. The molecule has 0 saturated carbocycles. The summed E-state index contributed by atoms with van der Waals surface area (Å²) in [6, 6.07) is 11.9. The molecule has 0 bridgehead atoms. The second-order valence-electron chi connectivity index (χ2n) is 8.19. The fourth-order valence-electron chi connectivity index (χ4n) is 4.74. The first kappa shape index (κ1) is 18.7. The smallest absolute Gasteiger partial charge is 0.274 e. The summed E-state index contributed by atoms with van der Waals surface area (Å²) in [5.74, 6) is 0.175. The van der Waals surface area contributed by atoms with Crippen molar-refractivity contribution in [3.8, 4) is 0 Å². The van der Waals surface area contributed by atoms with E-state index in [1.54, 1.807) is 16.9 Å². The van der Waals surface area contributed by atoms with Crippen LogP contribution in [0.15, 0.2) is 42.6 Å². The lowest BCUT2D eigenvalue weighted by molar-refractivity contribution is -0.141. The topological polar surface area (TPSA) is 58.4 Å². The second kappa shape index (κ2) is 7.41. The van der Waals surface area contributed by atoms with Gasteiger partial charge in [0.1, 0.15) is 5.69 Å². The van der Waals surface area contributed by atoms with Crippen molar-refractivity contribution < 1.29 is 9.59 Å². The fourth-order valence-corrected chi connectivity index (χ4v) is 4.74. The van der Waals surface area contributed by atoms with Crippen LogP contribution in [0, 0.1) is 5.41 Å². The van der Waals surface area contributed by atoms with Gasteiger partial charge in [-0.15, -0.1) is 0 Å². The molecule has 28 heavy (non-hydrogen) atoms. The lowest BCUT2D eigenvalue weighted by atomic mass is 9.67. The number of rotatable bonds is 3. The zero-order valence-corrected chi connectivity index (χ0v) is 16.7. The molecule has 2 aromatic rings. The minimum absolute atomic E-state index is 0.00860. The predicted molar refractivity (Wildman–Crippen MR) is 107 cm³/mol. The van der Waals surface area contributed by atoms with Crippen LogP contribution in [0.5, 0.6) is 0 Å². The predicted octanol–water partition coefficient (Wildman–Crippen LogP) is 2.68. The first-order valence-corrected chi connectivity index (χ1v) is 10.1. The van der Waals surface area contributed by atoms with Gasteiger partial charge in [0.15, 0.2) is 0 Å². The number of carbonyl (C=O) groups excluding carboxylic acids is 2. The maximum atomic E-state index is 13.0. The van der Waals surface area contributed by atoms with Crippen molar-refractivity contribution in [3.05, 3.63) is 53.9 Å². The zero-order valence-electron chi connectivity index (χ0n) is 16.7. The zero-order chi connectivity index (χ0) is 19.7. The number of carbonyl (C=O) groups is 2. The number of hydrogen-bond donors (Lipinski definition) is 0. The Labute approximate surface area is 166 Å². The minimum Gasteiger partial charge on any atom is -0.342 e. The first-order chi connectivity index (χ1) is 13.5. The molecule has 6 heteroatoms. The van der Waals surface area contributed by atoms with Crippen molar-refractivity contribution in [1.82, 2.24) is 19.6 Å². The van der Waals surface area contributed by atoms with E-state index in [1.165, 1.54) is 0 Å². The normalized spacial score (nSPS) is 21.9. The monoisotopic (exact) mass is 380 g/mol. The van der Waals surface area contributed by atoms with Crippen LogP contribution in [0.1, 0.15) is 48.2 Å². The maximum Gasteiger partial charge on any atom is 0.274 e. The number of benzene rings is 1. The van der Waals surface area contributed by atoms with Crippen LogP contribution in [0.4, 0.5) is 0 Å². The van der Waals surface area contributed by atoms with Crippen molar-refractivity contribution in [2.45, 2.75) is 32.1 Å². The molecule has 2 aliphatic heterocycles. The molecule has 1 atom stereocenters. The summed E-state index contributed by atoms with van der Waals surface area (Å²) in [6.07, 6.45) is 4.53. The van der Waals surface area contributed by atoms with Crippen molar-refractivity contribution in [2.75, 3.05) is 26.2 Å². The average Bonchev–Trinajstić information content (AvgIpc) is 3.17. The minimum atomic E-state index is -0.0760. The van der Waals surface area contributed by atoms with Gasteiger partial charge in [-0.25, -0.2) is 0 Å². The van der Waals surface area contributed by atoms with E-state index in [1.807, 2.05) is 35.0 Å². The number of aromatic nitrogens is 2. The number of likely N-dealkylation sites (N-methyl/N-ethyl adjacent to an activating group) is 1. The highest BCUT2D eigenvalue weighted by molar-refractivity contribution is 5.92. The second-order valence-corrected chi connectivity index (χ2v) is 8.19. The summed E-state index contributed by atoms with van der Waals surface area (Å²) in [4.78, 5) is 29.6. The van der Waals surface area contributed by atoms with Gasteiger partial charge in [0, 0.05) is 39.4 Å². The Balaban J connectivity index is 1.50. The quantitative estimate of drug-likeness (QED) is 0.823. The van der Waals surface area contributed by atoms with Gasteiger partial charge in [-0.2, -0.15) is 5.10 Å². The van der Waals surface area contributed by atoms with Crippen LogP contribution < -0.4 is 0 Å². The third-order valence-electron chi connectivity index (χ3n) is 6.40. The molecule has 1 aromatic heterocycles. The molecule has 2 saturated heterocycles. The molecule has 2 aliphatic rings. The van der Waals surface area contributed by atoms with Crippen molar-refractivity contribution in [3.63, 3.8) is 0 Å². The van der Waals surface area contributed by atoms with Gasteiger partial charge in [0.2, 0.25) is 5.91 Å². The molecule has 1 spiro atoms. The molecule has 1 unspecified atom stereocenters. The Kier molecular flexibility index (Phi) is 4.96. The van der Waals surface area contributed by atoms with Gasteiger partial charge < -0.3 is 9.80 Å². The Morgan fingerprint density at radius 2 is 1.89 bits per heavy atom. The molecule has 0 radical (unpaired) electrons. The highest BCUT2D eigenvalue weighted by Gasteiger charge is 2.46. The van der Waals surface area contributed by atoms with Gasteiger partial charge in [0.25, 0.3) is 5.91 Å². The average molecular weight is 380 g/mol. The SMILES string of the molecule is CCN1CC2(CCN(C(=O)c3ccn(C)n3)CC2)CC(c2ccccc2)C1=O. The van der Waals surface area contributed by atoms with Crippen molar-refractivity contribution in [2.24, 2.45) is 12.5 Å². The van der Waals surface area contributed by atoms with E-state index in [2.05, 4.69) is 24.2 Å². The Morgan fingerprint density at radius 3 is 2.50 bits per heavy atom. The van der Waals surface area contributed by atoms with E-state index in [4.69, 9.17) is 0 Å². The summed E-state index contributed by atoms with van der Waals surface area (Å²) in [7, 11) is 1.82. The van der Waals surface area contributed by atoms with Gasteiger partial charge in [0.05, 0.1) is 5.92 Å². The molecule has 4 rings (SSSR count). The van der Waals surface area contributed by atoms with E-state index in [9.17, 15) is 9.59 Å². The molecular weight excluding hydrogens is 352 g/mol. The Bertz CT molecular complexity index is 852. The highest BCUT2D eigenvalue weighted by Crippen LogP contribution is 2.45. The number of nitrogens with zero attached hydrogens (tertiary/aromatic N) is 4. The molecule has 0 aliphatic carbocycles. The molecular formula is C22H28N4O2. The van der Waals surface area contributed by atoms with E-state index >= 15 is 0 Å². The van der Waals surface area contributed by atoms with E-state index in [0.29, 0.717) is 5.69 Å². The van der Waals surface area contributed by atoms with Crippen LogP contribution in [-0.2, 0) is 11.8 Å². The molecule has 3 heterocycles. The van der Waals surface area contributed by atoms with Gasteiger partial charge >= 0.3 is 0 Å². The number of hydrogen-bond acceptors (Lipinski definition) is 3. The lowest BCUT2D eigenvalue weighted by Crippen LogP contribution is -2.54. The summed E-state index contributed by atoms with van der Waals surface area (Å²) in [5, 5.41) is 4.25. The fraction of sp³-hybridized carbons (Fsp3) is 0.500. The number of likely N-dealkylation sites (tertiary alicyclic amines) is 2. The van der Waals surface area contributed by atoms with Crippen molar-refractivity contribution in [1.29, 1.82) is 0 Å². The highest BCUT2D eigenvalue weighted by atomic mass is 16.2. The largest absolute Gasteiger partial charge is 0.342 e. The van der Waals surface area contributed by atoms with Crippen molar-refractivity contribution >= 4 is 11.8 Å². The summed E-state index contributed by atoms with van der Waals surface area (Å²) in [6.45, 7) is 5.04. The summed E-state index contributed by atoms with van der Waals surface area (Å²) >= 11 is 0. The molecule has 148 valence electrons. The Morgan fingerprint density at radius 1 is 1.18 bits per heavy atom. The van der Waals surface area contributed by atoms with Crippen LogP contribution >= 0.6 is 0 Å². The molecule has 2 fully saturated rings. The van der Waals surface area contributed by atoms with E-state index < -0.39 is 0 Å². The van der Waals surface area contributed by atoms with Crippen LogP contribution in [-0.4, -0.2) is 57.6 Å². The van der Waals surface area contributed by atoms with Gasteiger partial charge in [-0.1, -0.05) is 30.3 Å². The van der Waals surface area contributed by atoms with Crippen LogP contribution in [0.2, 0.25) is 0 Å². The standard InChI is InChI=1S/C22H28N4O2/c1-3-25-16-22(15-18(20(25)27)17-7-5-4-6-8-17)10-13-26(14-11-22)21(28)19-9-12-24(2)23-19/h4-9,12,18H,3,10-11,13-16H2,1-2H3. The maximum absolute atomic E-state index is 13.0. The van der Waals surface area contributed by atoms with Crippen LogP contribution in [0.25, 0.3) is 0 Å². The first-order valence-electron chi connectivity index (χ1n) is 10.1. The number of aryl methyl sites for hydroxylation is 1. The third-order valence-corrected chi connectivity index (χ3v) is 6.40. The van der Waals surface area contributed by atoms with E-state index in [0.717, 1.165) is 51.0 Å². The Hall–Kier alpha value is -2.63. The van der Waals surface area contributed by atoms with E-state index in [-0.39, 0.29) is 23.1 Å². The summed E-state index contributed by atoms with van der Waals surface area (Å²) in [5.41, 5.74) is 1.71. The lowest BCUT2D eigenvalue weighted by Gasteiger charge is -2.49. The third kappa shape index (κ3) is 3.43. The molecule has 2 amide bonds. The van der Waals surface area contributed by atoms with Gasteiger partial charge in [-0.05, 0) is 43.2 Å². The van der Waals surface area contributed by atoms with Crippen LogP contribution in [0.3, 0.4) is 0 Å². The summed E-state index contributed by atoms with van der Waals surface area (Å²) < 4.78 is 1.66. The number of amides is 2.